The molecule has 0 N–H and O–H groups in total. The molecule has 43 valence electrons. The van der Waals surface area contributed by atoms with Gasteiger partial charge in [0, 0.05) is 5.41 Å². The lowest BCUT2D eigenvalue weighted by Gasteiger charge is -1.97. The number of hydrogen-bond donors (Lipinski definition) is 0. The Balaban J connectivity index is 2.09. The van der Waals surface area contributed by atoms with Crippen molar-refractivity contribution in [2.45, 2.75) is 25.7 Å². The van der Waals surface area contributed by atoms with E-state index in [0.29, 0.717) is 0 Å². The summed E-state index contributed by atoms with van der Waals surface area (Å²) in [6.45, 7) is 0. The smallest absolute Gasteiger partial charge is 0.205 e. The highest BCUT2D eigenvalue weighted by atomic mass is 16.1. The summed E-state index contributed by atoms with van der Waals surface area (Å²) in [7, 11) is 0. The van der Waals surface area contributed by atoms with Gasteiger partial charge in [-0.25, -0.2) is 0 Å². The molecule has 0 aromatic heterocycles. The maximum Gasteiger partial charge on any atom is 0.205 e. The predicted octanol–water partition coefficient (Wildman–Crippen LogP) is 1.29. The maximum atomic E-state index is 10.2. The lowest BCUT2D eigenvalue weighted by Crippen LogP contribution is -2.02. The molecule has 0 bridgehead atoms. The molecule has 1 nitrogen and oxygen atoms in total. The first-order valence-electron chi connectivity index (χ1n) is 3.27. The van der Waals surface area contributed by atoms with E-state index in [0.717, 1.165) is 18.8 Å². The van der Waals surface area contributed by atoms with Crippen molar-refractivity contribution >= 4 is 6.29 Å². The van der Waals surface area contributed by atoms with Crippen molar-refractivity contribution in [1.29, 1.82) is 0 Å². The fourth-order valence-corrected chi connectivity index (χ4v) is 1.36. The summed E-state index contributed by atoms with van der Waals surface area (Å²) in [6, 6.07) is 0. The van der Waals surface area contributed by atoms with Gasteiger partial charge in [0.2, 0.25) is 6.29 Å². The summed E-state index contributed by atoms with van der Waals surface area (Å²) < 4.78 is 0. The van der Waals surface area contributed by atoms with Crippen molar-refractivity contribution in [1.82, 2.24) is 0 Å². The Morgan fingerprint density at radius 2 is 2.00 bits per heavy atom. The van der Waals surface area contributed by atoms with Crippen molar-refractivity contribution in [2.24, 2.45) is 11.3 Å². The molecule has 2 saturated carbocycles. The normalized spacial score (nSPS) is 32.0. The molecule has 0 unspecified atom stereocenters. The lowest BCUT2D eigenvalue weighted by molar-refractivity contribution is 0.489. The monoisotopic (exact) mass is 109 g/mol. The topological polar surface area (TPSA) is 17.1 Å². The molecule has 1 heteroatoms. The van der Waals surface area contributed by atoms with E-state index in [1.165, 1.54) is 12.8 Å². The maximum absolute atomic E-state index is 10.2. The van der Waals surface area contributed by atoms with Crippen LogP contribution >= 0.6 is 0 Å². The van der Waals surface area contributed by atoms with Crippen LogP contribution in [0.5, 0.6) is 0 Å². The van der Waals surface area contributed by atoms with Crippen LogP contribution in [-0.4, -0.2) is 6.29 Å². The Labute approximate surface area is 49.1 Å². The van der Waals surface area contributed by atoms with Crippen LogP contribution in [0.2, 0.25) is 0 Å². The highest BCUT2D eigenvalue weighted by Crippen LogP contribution is 2.59. The average molecular weight is 109 g/mol. The highest BCUT2D eigenvalue weighted by Gasteiger charge is 2.54. The van der Waals surface area contributed by atoms with Gasteiger partial charge in [-0.3, -0.25) is 4.79 Å². The first kappa shape index (κ1) is 4.54. The van der Waals surface area contributed by atoms with Crippen LogP contribution in [0.1, 0.15) is 25.7 Å². The number of rotatable bonds is 2. The quantitative estimate of drug-likeness (QED) is 0.522. The summed E-state index contributed by atoms with van der Waals surface area (Å²) in [4.78, 5) is 10.2. The first-order valence-corrected chi connectivity index (χ1v) is 3.27. The van der Waals surface area contributed by atoms with Crippen molar-refractivity contribution in [3.63, 3.8) is 0 Å². The van der Waals surface area contributed by atoms with Crippen LogP contribution in [0.3, 0.4) is 0 Å². The van der Waals surface area contributed by atoms with Crippen LogP contribution in [0.15, 0.2) is 0 Å². The van der Waals surface area contributed by atoms with E-state index in [2.05, 4.69) is 6.29 Å². The van der Waals surface area contributed by atoms with E-state index in [4.69, 9.17) is 0 Å². The molecule has 0 aromatic carbocycles. The molecule has 2 aliphatic carbocycles. The Morgan fingerprint density at radius 3 is 2.12 bits per heavy atom. The van der Waals surface area contributed by atoms with Gasteiger partial charge in [-0.2, -0.15) is 0 Å². The van der Waals surface area contributed by atoms with Crippen molar-refractivity contribution in [3.8, 4) is 0 Å². The number of carbonyl (C=O) groups excluding carboxylic acids is 1. The van der Waals surface area contributed by atoms with Crippen LogP contribution in [0.25, 0.3) is 0 Å². The second kappa shape index (κ2) is 1.15. The van der Waals surface area contributed by atoms with Gasteiger partial charge < -0.3 is 0 Å². The third kappa shape index (κ3) is 0.445. The van der Waals surface area contributed by atoms with E-state index >= 15 is 0 Å². The summed E-state index contributed by atoms with van der Waals surface area (Å²) in [5.74, 6) is 0.750. The Kier molecular flexibility index (Phi) is 0.651. The molecule has 0 atom stereocenters. The van der Waals surface area contributed by atoms with Gasteiger partial charge >= 0.3 is 0 Å². The Bertz CT molecular complexity index is 120. The summed E-state index contributed by atoms with van der Waals surface area (Å²) >= 11 is 0. The molecule has 0 amide bonds. The van der Waals surface area contributed by atoms with Gasteiger partial charge in [0.25, 0.3) is 0 Å². The minimum atomic E-state index is 0.0972. The molecule has 0 aliphatic heterocycles. The zero-order chi connectivity index (χ0) is 5.61. The average Bonchev–Trinajstić information content (AvgIpc) is 2.63. The predicted molar refractivity (Wildman–Crippen MR) is 30.1 cm³/mol. The highest BCUT2D eigenvalue weighted by molar-refractivity contribution is 5.65. The van der Waals surface area contributed by atoms with Gasteiger partial charge in [-0.05, 0) is 31.6 Å². The fourth-order valence-electron chi connectivity index (χ4n) is 1.36. The van der Waals surface area contributed by atoms with Gasteiger partial charge in [-0.1, -0.05) is 0 Å². The molecule has 8 heavy (non-hydrogen) atoms. The SMILES string of the molecule is O=[C]C1(C2CC2)CC1. The van der Waals surface area contributed by atoms with E-state index in [-0.39, 0.29) is 5.41 Å². The minimum Gasteiger partial charge on any atom is -0.290 e. The summed E-state index contributed by atoms with van der Waals surface area (Å²) in [5, 5.41) is 0. The van der Waals surface area contributed by atoms with Crippen molar-refractivity contribution < 1.29 is 4.79 Å². The van der Waals surface area contributed by atoms with Crippen molar-refractivity contribution in [3.05, 3.63) is 0 Å². The van der Waals surface area contributed by atoms with Crippen LogP contribution < -0.4 is 0 Å². The molecular weight excluding hydrogens is 100 g/mol. The third-order valence-corrected chi connectivity index (χ3v) is 2.35. The first-order chi connectivity index (χ1) is 3.87. The zero-order valence-corrected chi connectivity index (χ0v) is 4.81. The van der Waals surface area contributed by atoms with E-state index in [1.807, 2.05) is 0 Å². The largest absolute Gasteiger partial charge is 0.290 e. The Morgan fingerprint density at radius 1 is 1.38 bits per heavy atom. The van der Waals surface area contributed by atoms with Gasteiger partial charge in [0.1, 0.15) is 0 Å². The van der Waals surface area contributed by atoms with Crippen molar-refractivity contribution in [2.75, 3.05) is 0 Å². The molecule has 2 rings (SSSR count). The zero-order valence-electron chi connectivity index (χ0n) is 4.81. The summed E-state index contributed by atoms with van der Waals surface area (Å²) in [5.41, 5.74) is 0.0972. The second-order valence-electron chi connectivity index (χ2n) is 3.03. The van der Waals surface area contributed by atoms with Gasteiger partial charge in [0.15, 0.2) is 0 Å². The Hall–Kier alpha value is -0.330. The second-order valence-corrected chi connectivity index (χ2v) is 3.03. The molecule has 0 heterocycles. The fraction of sp³-hybridized carbons (Fsp3) is 0.857. The molecule has 2 fully saturated rings. The van der Waals surface area contributed by atoms with E-state index in [1.54, 1.807) is 0 Å². The molecule has 2 aliphatic rings. The summed E-state index contributed by atoms with van der Waals surface area (Å²) in [6.07, 6.45) is 6.99. The molecule has 0 aromatic rings. The van der Waals surface area contributed by atoms with E-state index < -0.39 is 0 Å². The lowest BCUT2D eigenvalue weighted by atomic mass is 10.0. The van der Waals surface area contributed by atoms with E-state index in [9.17, 15) is 4.79 Å². The van der Waals surface area contributed by atoms with Gasteiger partial charge in [-0.15, -0.1) is 0 Å². The third-order valence-electron chi connectivity index (χ3n) is 2.35. The minimum absolute atomic E-state index is 0.0972. The molecule has 1 radical (unpaired) electrons. The van der Waals surface area contributed by atoms with Crippen LogP contribution in [-0.2, 0) is 4.79 Å². The molecular formula is C7H9O. The molecule has 0 saturated heterocycles. The molecule has 0 spiro atoms. The van der Waals surface area contributed by atoms with Gasteiger partial charge in [0.05, 0.1) is 0 Å². The van der Waals surface area contributed by atoms with Crippen LogP contribution in [0, 0.1) is 11.3 Å². The van der Waals surface area contributed by atoms with Crippen LogP contribution in [0.4, 0.5) is 0 Å². The number of hydrogen-bond acceptors (Lipinski definition) is 1. The standard InChI is InChI=1S/C7H9O/c8-5-7(3-4-7)6-1-2-6/h6H,1-4H2.